The smallest absolute Gasteiger partial charge is 0.376 e. The number of carbonyl (C=O) groups excluding carboxylic acids is 1. The van der Waals surface area contributed by atoms with Gasteiger partial charge in [0.25, 0.3) is 5.91 Å². The van der Waals surface area contributed by atoms with Crippen molar-refractivity contribution < 1.29 is 22.7 Å². The van der Waals surface area contributed by atoms with E-state index in [1.165, 1.54) is 0 Å². The number of hydrogen-bond acceptors (Lipinski definition) is 6. The van der Waals surface area contributed by atoms with Crippen molar-refractivity contribution in [2.45, 2.75) is 49.9 Å². The fourth-order valence-corrected chi connectivity index (χ4v) is 4.16. The molecule has 1 aromatic heterocycles. The van der Waals surface area contributed by atoms with E-state index in [2.05, 4.69) is 15.3 Å². The Labute approximate surface area is 190 Å². The number of nitrogens with one attached hydrogen (secondary N) is 1. The van der Waals surface area contributed by atoms with Gasteiger partial charge < -0.3 is 15.0 Å². The highest BCUT2D eigenvalue weighted by Gasteiger charge is 2.34. The number of amides is 1. The highest BCUT2D eigenvalue weighted by Crippen LogP contribution is 2.32. The number of anilines is 1. The molecule has 1 aliphatic rings. The molecule has 0 aliphatic carbocycles. The highest BCUT2D eigenvalue weighted by atomic mass is 32.2. The summed E-state index contributed by atoms with van der Waals surface area (Å²) in [5.74, 6) is 0.472. The number of rotatable bonds is 9. The molecule has 1 atom stereocenters. The monoisotopic (exact) mass is 468 g/mol. The average molecular weight is 469 g/mol. The van der Waals surface area contributed by atoms with E-state index in [1.54, 1.807) is 29.2 Å². The molecule has 174 valence electrons. The van der Waals surface area contributed by atoms with Crippen molar-refractivity contribution in [1.29, 1.82) is 0 Å². The molecule has 32 heavy (non-hydrogen) atoms. The van der Waals surface area contributed by atoms with Crippen LogP contribution in [-0.2, 0) is 16.7 Å². The van der Waals surface area contributed by atoms with Crippen LogP contribution in [0.25, 0.3) is 0 Å². The van der Waals surface area contributed by atoms with Crippen LogP contribution in [0.3, 0.4) is 0 Å². The van der Waals surface area contributed by atoms with Crippen molar-refractivity contribution in [3.05, 3.63) is 47.2 Å². The molecule has 1 aliphatic heterocycles. The van der Waals surface area contributed by atoms with Gasteiger partial charge in [0.1, 0.15) is 5.82 Å². The molecular formula is C22H27F3N4O2S. The van der Waals surface area contributed by atoms with Crippen LogP contribution in [0.5, 0.6) is 0 Å². The van der Waals surface area contributed by atoms with Gasteiger partial charge in [0.05, 0.1) is 6.10 Å². The molecule has 6 nitrogen and oxygen atoms in total. The Balaban J connectivity index is 1.64. The van der Waals surface area contributed by atoms with Crippen molar-refractivity contribution in [1.82, 2.24) is 15.3 Å². The first-order valence-corrected chi connectivity index (χ1v) is 11.6. The summed E-state index contributed by atoms with van der Waals surface area (Å²) in [6.45, 7) is 6.04. The summed E-state index contributed by atoms with van der Waals surface area (Å²) in [7, 11) is 0. The van der Waals surface area contributed by atoms with Crippen LogP contribution in [0.2, 0.25) is 0 Å². The summed E-state index contributed by atoms with van der Waals surface area (Å²) in [6.07, 6.45) is -2.51. The number of thioether (sulfide) groups is 1. The number of hydrogen-bond donors (Lipinski definition) is 1. The van der Waals surface area contributed by atoms with Gasteiger partial charge in [0, 0.05) is 43.6 Å². The third-order valence-electron chi connectivity index (χ3n) is 5.17. The van der Waals surface area contributed by atoms with Gasteiger partial charge in [-0.05, 0) is 44.4 Å². The lowest BCUT2D eigenvalue weighted by molar-refractivity contribution is -0.141. The van der Waals surface area contributed by atoms with Crippen LogP contribution in [0.4, 0.5) is 19.0 Å². The molecule has 2 aromatic rings. The number of ether oxygens (including phenoxy) is 1. The molecule has 0 bridgehead atoms. The molecule has 1 unspecified atom stereocenters. The molecule has 0 radical (unpaired) electrons. The topological polar surface area (TPSA) is 67.4 Å². The van der Waals surface area contributed by atoms with Gasteiger partial charge in [-0.25, -0.2) is 9.97 Å². The second-order valence-corrected chi connectivity index (χ2v) is 8.34. The standard InChI is InChI=1S/C22H27F3N4O2S/c1-3-29(4-2)19-12-18(22(23,24)25)27-21(28-19)32-14-15-7-9-16(10-8-15)20(30)26-13-17-6-5-11-31-17/h7-10,12,17H,3-6,11,13-14H2,1-2H3,(H,26,30). The molecule has 1 N–H and O–H groups in total. The van der Waals surface area contributed by atoms with E-state index in [4.69, 9.17) is 4.74 Å². The van der Waals surface area contributed by atoms with Gasteiger partial charge >= 0.3 is 6.18 Å². The molecule has 3 rings (SSSR count). The highest BCUT2D eigenvalue weighted by molar-refractivity contribution is 7.98. The van der Waals surface area contributed by atoms with Gasteiger partial charge in [0.2, 0.25) is 0 Å². The largest absolute Gasteiger partial charge is 0.433 e. The Morgan fingerprint density at radius 2 is 1.94 bits per heavy atom. The summed E-state index contributed by atoms with van der Waals surface area (Å²) in [6, 6.07) is 7.96. The van der Waals surface area contributed by atoms with Crippen molar-refractivity contribution in [3.63, 3.8) is 0 Å². The summed E-state index contributed by atoms with van der Waals surface area (Å²) >= 11 is 1.13. The van der Waals surface area contributed by atoms with E-state index in [0.717, 1.165) is 42.8 Å². The van der Waals surface area contributed by atoms with Gasteiger partial charge in [-0.1, -0.05) is 23.9 Å². The summed E-state index contributed by atoms with van der Waals surface area (Å²) in [5.41, 5.74) is 0.433. The quantitative estimate of drug-likeness (QED) is 0.431. The Morgan fingerprint density at radius 3 is 2.53 bits per heavy atom. The fourth-order valence-electron chi connectivity index (χ4n) is 3.35. The Hall–Kier alpha value is -2.33. The van der Waals surface area contributed by atoms with Crippen LogP contribution >= 0.6 is 11.8 Å². The van der Waals surface area contributed by atoms with E-state index in [-0.39, 0.29) is 23.0 Å². The molecule has 10 heteroatoms. The molecule has 0 saturated carbocycles. The van der Waals surface area contributed by atoms with Gasteiger partial charge in [-0.15, -0.1) is 0 Å². The zero-order valence-corrected chi connectivity index (χ0v) is 18.9. The van der Waals surface area contributed by atoms with Crippen LogP contribution in [0.15, 0.2) is 35.5 Å². The minimum atomic E-state index is -4.54. The number of carbonyl (C=O) groups is 1. The van der Waals surface area contributed by atoms with E-state index in [9.17, 15) is 18.0 Å². The molecule has 1 amide bonds. The average Bonchev–Trinajstić information content (AvgIpc) is 3.30. The van der Waals surface area contributed by atoms with Crippen LogP contribution in [0.1, 0.15) is 48.3 Å². The number of halogens is 3. The first-order valence-electron chi connectivity index (χ1n) is 10.6. The first-order chi connectivity index (χ1) is 15.3. The van der Waals surface area contributed by atoms with Crippen molar-refractivity contribution >= 4 is 23.5 Å². The van der Waals surface area contributed by atoms with Crippen LogP contribution in [0, 0.1) is 0 Å². The predicted octanol–water partition coefficient (Wildman–Crippen LogP) is 4.54. The SMILES string of the molecule is CCN(CC)c1cc(C(F)(F)F)nc(SCc2ccc(C(=O)NCC3CCCO3)cc2)n1. The third kappa shape index (κ3) is 6.59. The normalized spacial score (nSPS) is 16.2. The van der Waals surface area contributed by atoms with Crippen molar-refractivity contribution in [3.8, 4) is 0 Å². The number of nitrogens with zero attached hydrogens (tertiary/aromatic N) is 3. The molecule has 1 saturated heterocycles. The molecule has 2 heterocycles. The maximum Gasteiger partial charge on any atom is 0.433 e. The minimum absolute atomic E-state index is 0.0695. The summed E-state index contributed by atoms with van der Waals surface area (Å²) < 4.78 is 45.4. The van der Waals surface area contributed by atoms with E-state index in [0.29, 0.717) is 31.0 Å². The second kappa shape index (κ2) is 11.0. The van der Waals surface area contributed by atoms with E-state index in [1.807, 2.05) is 13.8 Å². The Morgan fingerprint density at radius 1 is 1.22 bits per heavy atom. The zero-order valence-electron chi connectivity index (χ0n) is 18.1. The van der Waals surface area contributed by atoms with Gasteiger partial charge in [-0.2, -0.15) is 13.2 Å². The number of alkyl halides is 3. The number of benzene rings is 1. The lowest BCUT2D eigenvalue weighted by atomic mass is 10.1. The molecule has 1 aromatic carbocycles. The van der Waals surface area contributed by atoms with Gasteiger partial charge in [0.15, 0.2) is 10.9 Å². The molecular weight excluding hydrogens is 441 g/mol. The first kappa shape index (κ1) is 24.3. The third-order valence-corrected chi connectivity index (χ3v) is 6.09. The fraction of sp³-hybridized carbons (Fsp3) is 0.500. The summed E-state index contributed by atoms with van der Waals surface area (Å²) in [5, 5.41) is 2.94. The summed E-state index contributed by atoms with van der Waals surface area (Å²) in [4.78, 5) is 22.1. The van der Waals surface area contributed by atoms with Crippen LogP contribution in [-0.4, -0.2) is 48.2 Å². The molecule has 0 spiro atoms. The van der Waals surface area contributed by atoms with E-state index < -0.39 is 11.9 Å². The minimum Gasteiger partial charge on any atom is -0.376 e. The van der Waals surface area contributed by atoms with Gasteiger partial charge in [-0.3, -0.25) is 4.79 Å². The maximum absolute atomic E-state index is 13.3. The zero-order chi connectivity index (χ0) is 23.1. The predicted molar refractivity (Wildman–Crippen MR) is 118 cm³/mol. The lowest BCUT2D eigenvalue weighted by Gasteiger charge is -2.21. The second-order valence-electron chi connectivity index (χ2n) is 7.39. The Bertz CT molecular complexity index is 899. The Kier molecular flexibility index (Phi) is 8.36. The number of aromatic nitrogens is 2. The van der Waals surface area contributed by atoms with E-state index >= 15 is 0 Å². The molecule has 1 fully saturated rings. The maximum atomic E-state index is 13.3. The van der Waals surface area contributed by atoms with Crippen LogP contribution < -0.4 is 10.2 Å². The lowest BCUT2D eigenvalue weighted by Crippen LogP contribution is -2.31. The van der Waals surface area contributed by atoms with Crippen molar-refractivity contribution in [2.75, 3.05) is 31.1 Å². The van der Waals surface area contributed by atoms with Crippen molar-refractivity contribution in [2.24, 2.45) is 0 Å².